The number of hydrogen-bond acceptors (Lipinski definition) is 4. The molecule has 0 saturated carbocycles. The van der Waals surface area contributed by atoms with E-state index >= 15 is 0 Å². The molecule has 2 aromatic rings. The van der Waals surface area contributed by atoms with Gasteiger partial charge in [0, 0.05) is 5.39 Å². The fourth-order valence-electron chi connectivity index (χ4n) is 1.40. The van der Waals surface area contributed by atoms with Gasteiger partial charge in [-0.2, -0.15) is 5.11 Å². The lowest BCUT2D eigenvalue weighted by Crippen LogP contribution is -1.77. The Kier molecular flexibility index (Phi) is 2.48. The molecule has 0 aliphatic carbocycles. The van der Waals surface area contributed by atoms with Gasteiger partial charge in [0.15, 0.2) is 0 Å². The third-order valence-corrected chi connectivity index (χ3v) is 2.89. The molecule has 0 N–H and O–H groups in total. The van der Waals surface area contributed by atoms with Crippen molar-refractivity contribution in [1.29, 1.82) is 0 Å². The smallest absolute Gasteiger partial charge is 0.253 e. The highest BCUT2D eigenvalue weighted by molar-refractivity contribution is 7.99. The zero-order valence-electron chi connectivity index (χ0n) is 7.14. The summed E-state index contributed by atoms with van der Waals surface area (Å²) in [6.45, 7) is 0. The van der Waals surface area contributed by atoms with Crippen LogP contribution in [0, 0.1) is 0 Å². The van der Waals surface area contributed by atoms with Crippen molar-refractivity contribution in [3.63, 3.8) is 0 Å². The second-order valence-corrected chi connectivity index (χ2v) is 3.70. The average Bonchev–Trinajstić information content (AvgIpc) is 2.56. The molecule has 0 saturated heterocycles. The normalized spacial score (nSPS) is 13.7. The molecule has 5 heteroatoms. The van der Waals surface area contributed by atoms with Crippen molar-refractivity contribution in [1.82, 2.24) is 0 Å². The molecule has 14 heavy (non-hydrogen) atoms. The van der Waals surface area contributed by atoms with Crippen molar-refractivity contribution >= 4 is 41.0 Å². The van der Waals surface area contributed by atoms with Crippen molar-refractivity contribution < 1.29 is 4.42 Å². The average molecular weight is 227 g/mol. The maximum Gasteiger partial charge on any atom is 0.253 e. The lowest BCUT2D eigenvalue weighted by molar-refractivity contribution is 0.608. The molecule has 0 amide bonds. The molecule has 1 aromatic carbocycles. The van der Waals surface area contributed by atoms with E-state index in [4.69, 9.17) is 4.42 Å². The first-order valence-corrected chi connectivity index (χ1v) is 4.95. The monoisotopic (exact) mass is 226 g/mol. The van der Waals surface area contributed by atoms with Crippen LogP contribution in [0.1, 0.15) is 0 Å². The highest BCUT2D eigenvalue weighted by atomic mass is 35.5. The second kappa shape index (κ2) is 3.63. The van der Waals surface area contributed by atoms with E-state index in [0.717, 1.165) is 15.9 Å². The zero-order valence-corrected chi connectivity index (χ0v) is 8.77. The maximum absolute atomic E-state index is 5.51. The molecule has 0 atom stereocenters. The summed E-state index contributed by atoms with van der Waals surface area (Å²) in [5.41, 5.74) is 0.890. The minimum Gasteiger partial charge on any atom is -0.436 e. The van der Waals surface area contributed by atoms with Crippen molar-refractivity contribution in [2.45, 2.75) is 4.90 Å². The molecule has 1 aliphatic rings. The minimum absolute atomic E-state index is 0. The topological polar surface area (TPSA) is 37.9 Å². The van der Waals surface area contributed by atoms with Crippen molar-refractivity contribution in [2.24, 2.45) is 10.2 Å². The van der Waals surface area contributed by atoms with Gasteiger partial charge >= 0.3 is 0 Å². The fourth-order valence-corrected chi connectivity index (χ4v) is 2.18. The van der Waals surface area contributed by atoms with E-state index in [1.165, 1.54) is 0 Å². The van der Waals surface area contributed by atoms with Crippen LogP contribution in [-0.4, -0.2) is 5.88 Å². The Bertz CT molecular complexity index is 495. The predicted octanol–water partition coefficient (Wildman–Crippen LogP) is 4.00. The standard InChI is InChI=1S/C9H6N2OS.ClH/c1-2-4-7-6(3-1)8-9(12-7)11-10-5-13-8;/h1-4H,5H2;1H. The third kappa shape index (κ3) is 1.31. The Labute approximate surface area is 91.0 Å². The highest BCUT2D eigenvalue weighted by Gasteiger charge is 2.16. The molecule has 0 spiro atoms. The van der Waals surface area contributed by atoms with Crippen LogP contribution in [0.2, 0.25) is 0 Å². The summed E-state index contributed by atoms with van der Waals surface area (Å²) in [4.78, 5) is 1.12. The summed E-state index contributed by atoms with van der Waals surface area (Å²) < 4.78 is 5.51. The van der Waals surface area contributed by atoms with Crippen LogP contribution in [0.5, 0.6) is 0 Å². The number of nitrogens with zero attached hydrogens (tertiary/aromatic N) is 2. The number of para-hydroxylation sites is 1. The number of benzene rings is 1. The number of azo groups is 1. The molecule has 3 rings (SSSR count). The Hall–Kier alpha value is -1.00. The molecule has 0 bridgehead atoms. The van der Waals surface area contributed by atoms with E-state index in [0.29, 0.717) is 11.8 Å². The Morgan fingerprint density at radius 3 is 3.07 bits per heavy atom. The largest absolute Gasteiger partial charge is 0.436 e. The van der Waals surface area contributed by atoms with Crippen LogP contribution in [0.4, 0.5) is 5.88 Å². The SMILES string of the molecule is Cl.c1ccc2c3c(oc2c1)N=NCS3. The lowest BCUT2D eigenvalue weighted by atomic mass is 10.3. The number of hydrogen-bond donors (Lipinski definition) is 0. The molecule has 2 heterocycles. The minimum atomic E-state index is 0. The van der Waals surface area contributed by atoms with Gasteiger partial charge < -0.3 is 4.42 Å². The lowest BCUT2D eigenvalue weighted by Gasteiger charge is -1.99. The van der Waals surface area contributed by atoms with Crippen LogP contribution in [0.25, 0.3) is 11.0 Å². The number of halogens is 1. The molecular weight excluding hydrogens is 220 g/mol. The molecular formula is C9H7ClN2OS. The molecule has 0 unspecified atom stereocenters. The van der Waals surface area contributed by atoms with E-state index < -0.39 is 0 Å². The van der Waals surface area contributed by atoms with E-state index in [1.807, 2.05) is 24.3 Å². The van der Waals surface area contributed by atoms with Crippen LogP contribution in [0.3, 0.4) is 0 Å². The Balaban J connectivity index is 0.000000750. The summed E-state index contributed by atoms with van der Waals surface area (Å²) in [6, 6.07) is 7.96. The first-order chi connectivity index (χ1) is 6.45. The molecule has 72 valence electrons. The van der Waals surface area contributed by atoms with Gasteiger partial charge in [0.1, 0.15) is 11.5 Å². The van der Waals surface area contributed by atoms with Crippen molar-refractivity contribution in [2.75, 3.05) is 5.88 Å². The van der Waals surface area contributed by atoms with E-state index in [-0.39, 0.29) is 12.4 Å². The van der Waals surface area contributed by atoms with Crippen molar-refractivity contribution in [3.05, 3.63) is 24.3 Å². The van der Waals surface area contributed by atoms with Gasteiger partial charge in [-0.1, -0.05) is 23.9 Å². The van der Waals surface area contributed by atoms with Crippen LogP contribution < -0.4 is 0 Å². The second-order valence-electron chi connectivity index (χ2n) is 2.75. The Morgan fingerprint density at radius 1 is 1.29 bits per heavy atom. The Morgan fingerprint density at radius 2 is 2.14 bits per heavy atom. The molecule has 3 nitrogen and oxygen atoms in total. The number of fused-ring (bicyclic) bond motifs is 3. The number of furan rings is 1. The van der Waals surface area contributed by atoms with Crippen molar-refractivity contribution in [3.8, 4) is 0 Å². The maximum atomic E-state index is 5.51. The zero-order chi connectivity index (χ0) is 8.67. The van der Waals surface area contributed by atoms with Gasteiger partial charge in [-0.25, -0.2) is 0 Å². The molecule has 0 radical (unpaired) electrons. The highest BCUT2D eigenvalue weighted by Crippen LogP contribution is 2.41. The van der Waals surface area contributed by atoms with Gasteiger partial charge in [0.05, 0.1) is 4.90 Å². The van der Waals surface area contributed by atoms with Gasteiger partial charge in [-0.3, -0.25) is 0 Å². The summed E-state index contributed by atoms with van der Waals surface area (Å²) in [5.74, 6) is 1.34. The van der Waals surface area contributed by atoms with Crippen LogP contribution >= 0.6 is 24.2 Å². The summed E-state index contributed by atoms with van der Waals surface area (Å²) in [6.07, 6.45) is 0. The van der Waals surface area contributed by atoms with Gasteiger partial charge in [0.25, 0.3) is 5.88 Å². The molecule has 1 aliphatic heterocycles. The first-order valence-electron chi connectivity index (χ1n) is 3.97. The summed E-state index contributed by atoms with van der Waals surface area (Å²) in [7, 11) is 0. The fraction of sp³-hybridized carbons (Fsp3) is 0.111. The quantitative estimate of drug-likeness (QED) is 0.681. The number of rotatable bonds is 0. The molecule has 1 aromatic heterocycles. The predicted molar refractivity (Wildman–Crippen MR) is 58.7 cm³/mol. The summed E-state index contributed by atoms with van der Waals surface area (Å²) in [5, 5.41) is 9.02. The van der Waals surface area contributed by atoms with Crippen LogP contribution in [-0.2, 0) is 0 Å². The van der Waals surface area contributed by atoms with E-state index in [2.05, 4.69) is 10.2 Å². The summed E-state index contributed by atoms with van der Waals surface area (Å²) >= 11 is 1.67. The van der Waals surface area contributed by atoms with Gasteiger partial charge in [-0.15, -0.1) is 17.5 Å². The molecule has 0 fully saturated rings. The first kappa shape index (κ1) is 9.55. The van der Waals surface area contributed by atoms with E-state index in [9.17, 15) is 0 Å². The van der Waals surface area contributed by atoms with E-state index in [1.54, 1.807) is 11.8 Å². The number of thioether (sulfide) groups is 1. The van der Waals surface area contributed by atoms with Gasteiger partial charge in [0.2, 0.25) is 0 Å². The third-order valence-electron chi connectivity index (χ3n) is 1.96. The van der Waals surface area contributed by atoms with Crippen LogP contribution in [0.15, 0.2) is 43.8 Å². The van der Waals surface area contributed by atoms with Gasteiger partial charge in [-0.05, 0) is 12.1 Å².